The number of benzene rings is 1. The molecule has 1 aromatic carbocycles. The van der Waals surface area contributed by atoms with E-state index in [9.17, 15) is 4.79 Å². The third kappa shape index (κ3) is 1.42. The van der Waals surface area contributed by atoms with Crippen molar-refractivity contribution in [3.05, 3.63) is 58.4 Å². The summed E-state index contributed by atoms with van der Waals surface area (Å²) in [7, 11) is 1.65. The number of aromatic nitrogens is 2. The van der Waals surface area contributed by atoms with Crippen LogP contribution in [0.15, 0.2) is 47.3 Å². The molecule has 0 bridgehead atoms. The van der Waals surface area contributed by atoms with Gasteiger partial charge in [0.1, 0.15) is 5.75 Å². The molecule has 0 saturated carbocycles. The number of hydrogen-bond acceptors (Lipinski definition) is 3. The van der Waals surface area contributed by atoms with Crippen LogP contribution in [0.25, 0.3) is 22.3 Å². The molecule has 0 spiro atoms. The lowest BCUT2D eigenvalue weighted by Crippen LogP contribution is -2.16. The Hall–Kier alpha value is -2.62. The van der Waals surface area contributed by atoms with Gasteiger partial charge in [0, 0.05) is 17.0 Å². The van der Waals surface area contributed by atoms with E-state index < -0.39 is 0 Å². The van der Waals surface area contributed by atoms with E-state index in [1.807, 2.05) is 24.3 Å². The first-order valence-electron chi connectivity index (χ1n) is 6.45. The van der Waals surface area contributed by atoms with Crippen molar-refractivity contribution in [2.24, 2.45) is 0 Å². The van der Waals surface area contributed by atoms with Gasteiger partial charge in [-0.1, -0.05) is 12.1 Å². The molecule has 0 atom stereocenters. The highest BCUT2D eigenvalue weighted by Crippen LogP contribution is 2.33. The van der Waals surface area contributed by atoms with Crippen molar-refractivity contribution in [2.75, 3.05) is 7.11 Å². The summed E-state index contributed by atoms with van der Waals surface area (Å²) in [4.78, 5) is 16.6. The molecule has 2 aromatic heterocycles. The number of nitrogens with zero attached hydrogens (tertiary/aromatic N) is 2. The first kappa shape index (κ1) is 11.2. The molecule has 3 aromatic rings. The number of ether oxygens (including phenoxy) is 1. The Morgan fingerprint density at radius 2 is 2.05 bits per heavy atom. The van der Waals surface area contributed by atoms with Crippen LogP contribution in [0, 0.1) is 0 Å². The normalized spacial score (nSPS) is 12.2. The van der Waals surface area contributed by atoms with E-state index in [1.54, 1.807) is 23.8 Å². The first-order chi connectivity index (χ1) is 9.78. The van der Waals surface area contributed by atoms with E-state index in [1.165, 1.54) is 0 Å². The van der Waals surface area contributed by atoms with E-state index >= 15 is 0 Å². The molecule has 4 heteroatoms. The second-order valence-corrected chi connectivity index (χ2v) is 4.86. The van der Waals surface area contributed by atoms with Crippen LogP contribution in [0.2, 0.25) is 0 Å². The molecule has 0 radical (unpaired) electrons. The van der Waals surface area contributed by atoms with Crippen molar-refractivity contribution in [3.63, 3.8) is 0 Å². The van der Waals surface area contributed by atoms with Gasteiger partial charge in [0.15, 0.2) is 0 Å². The van der Waals surface area contributed by atoms with Crippen molar-refractivity contribution in [3.8, 4) is 17.1 Å². The summed E-state index contributed by atoms with van der Waals surface area (Å²) in [6, 6.07) is 13.2. The molecule has 0 N–H and O–H groups in total. The Morgan fingerprint density at radius 3 is 2.90 bits per heavy atom. The minimum absolute atomic E-state index is 0.0107. The average Bonchev–Trinajstić information content (AvgIpc) is 2.84. The molecular weight excluding hydrogens is 252 g/mol. The topological polar surface area (TPSA) is 44.1 Å². The highest BCUT2D eigenvalue weighted by atomic mass is 16.5. The van der Waals surface area contributed by atoms with E-state index in [4.69, 9.17) is 9.72 Å². The van der Waals surface area contributed by atoms with Crippen molar-refractivity contribution in [1.82, 2.24) is 9.55 Å². The van der Waals surface area contributed by atoms with Crippen LogP contribution in [0.3, 0.4) is 0 Å². The zero-order valence-electron chi connectivity index (χ0n) is 11.0. The molecule has 4 nitrogen and oxygen atoms in total. The van der Waals surface area contributed by atoms with Gasteiger partial charge in [-0.25, -0.2) is 4.98 Å². The van der Waals surface area contributed by atoms with Gasteiger partial charge in [0.2, 0.25) is 0 Å². The van der Waals surface area contributed by atoms with E-state index in [2.05, 4.69) is 6.07 Å². The molecule has 3 heterocycles. The van der Waals surface area contributed by atoms with Gasteiger partial charge in [0.25, 0.3) is 5.56 Å². The molecule has 20 heavy (non-hydrogen) atoms. The molecule has 98 valence electrons. The molecule has 0 aliphatic carbocycles. The second kappa shape index (κ2) is 3.93. The predicted octanol–water partition coefficient (Wildman–Crippen LogP) is 2.43. The lowest BCUT2D eigenvalue weighted by Gasteiger charge is -2.06. The smallest absolute Gasteiger partial charge is 0.251 e. The van der Waals surface area contributed by atoms with Gasteiger partial charge in [0.05, 0.1) is 30.6 Å². The summed E-state index contributed by atoms with van der Waals surface area (Å²) >= 11 is 0. The molecule has 1 aliphatic heterocycles. The first-order valence-corrected chi connectivity index (χ1v) is 6.45. The zero-order chi connectivity index (χ0) is 13.7. The minimum Gasteiger partial charge on any atom is -0.496 e. The molecule has 0 amide bonds. The van der Waals surface area contributed by atoms with Crippen LogP contribution < -0.4 is 10.3 Å². The number of pyridine rings is 2. The number of fused-ring (bicyclic) bond motifs is 4. The summed E-state index contributed by atoms with van der Waals surface area (Å²) in [6.45, 7) is 0.575. The quantitative estimate of drug-likeness (QED) is 0.530. The Kier molecular flexibility index (Phi) is 2.21. The minimum atomic E-state index is 0.0107. The Bertz CT molecular complexity index is 897. The monoisotopic (exact) mass is 264 g/mol. The highest BCUT2D eigenvalue weighted by molar-refractivity contribution is 5.88. The van der Waals surface area contributed by atoms with Gasteiger partial charge in [-0.05, 0) is 24.3 Å². The number of hydrogen-bond donors (Lipinski definition) is 0. The van der Waals surface area contributed by atoms with Gasteiger partial charge >= 0.3 is 0 Å². The molecule has 0 unspecified atom stereocenters. The number of methoxy groups -OCH3 is 1. The van der Waals surface area contributed by atoms with Crippen LogP contribution in [0.4, 0.5) is 0 Å². The summed E-state index contributed by atoms with van der Waals surface area (Å²) in [6.07, 6.45) is 0. The van der Waals surface area contributed by atoms with E-state index in [0.717, 1.165) is 33.6 Å². The Morgan fingerprint density at radius 1 is 1.20 bits per heavy atom. The SMILES string of the molecule is COc1cccc2nc3c(cc12)Cn1c-3cccc1=O. The summed E-state index contributed by atoms with van der Waals surface area (Å²) in [5.41, 5.74) is 3.73. The van der Waals surface area contributed by atoms with Crippen molar-refractivity contribution < 1.29 is 4.74 Å². The summed E-state index contributed by atoms with van der Waals surface area (Å²) in [5.74, 6) is 0.807. The molecular formula is C16H12N2O2. The maximum atomic E-state index is 11.9. The van der Waals surface area contributed by atoms with Gasteiger partial charge in [-0.2, -0.15) is 0 Å². The third-order valence-corrected chi connectivity index (χ3v) is 3.74. The zero-order valence-corrected chi connectivity index (χ0v) is 11.0. The summed E-state index contributed by atoms with van der Waals surface area (Å²) in [5, 5.41) is 0.981. The van der Waals surface area contributed by atoms with Gasteiger partial charge < -0.3 is 9.30 Å². The van der Waals surface area contributed by atoms with Crippen molar-refractivity contribution in [2.45, 2.75) is 6.54 Å². The van der Waals surface area contributed by atoms with Crippen LogP contribution in [0.5, 0.6) is 5.75 Å². The fraction of sp³-hybridized carbons (Fsp3) is 0.125. The molecule has 0 fully saturated rings. The van der Waals surface area contributed by atoms with Crippen LogP contribution >= 0.6 is 0 Å². The maximum absolute atomic E-state index is 11.9. The fourth-order valence-electron chi connectivity index (χ4n) is 2.79. The van der Waals surface area contributed by atoms with E-state index in [0.29, 0.717) is 6.54 Å². The average molecular weight is 264 g/mol. The standard InChI is InChI=1S/C16H12N2O2/c1-20-14-6-2-4-12-11(14)8-10-9-18-13(16(10)17-12)5-3-7-15(18)19/h2-8H,9H2,1H3. The van der Waals surface area contributed by atoms with Crippen molar-refractivity contribution in [1.29, 1.82) is 0 Å². The van der Waals surface area contributed by atoms with Crippen molar-refractivity contribution >= 4 is 10.9 Å². The van der Waals surface area contributed by atoms with Crippen LogP contribution in [-0.4, -0.2) is 16.7 Å². The van der Waals surface area contributed by atoms with Gasteiger partial charge in [-0.3, -0.25) is 4.79 Å². The highest BCUT2D eigenvalue weighted by Gasteiger charge is 2.21. The molecule has 1 aliphatic rings. The summed E-state index contributed by atoms with van der Waals surface area (Å²) < 4.78 is 7.13. The Labute approximate surface area is 115 Å². The second-order valence-electron chi connectivity index (χ2n) is 4.86. The Balaban J connectivity index is 2.06. The largest absolute Gasteiger partial charge is 0.496 e. The fourth-order valence-corrected chi connectivity index (χ4v) is 2.79. The van der Waals surface area contributed by atoms with Crippen LogP contribution in [-0.2, 0) is 6.54 Å². The maximum Gasteiger partial charge on any atom is 0.251 e. The van der Waals surface area contributed by atoms with Gasteiger partial charge in [-0.15, -0.1) is 0 Å². The molecule has 0 saturated heterocycles. The third-order valence-electron chi connectivity index (χ3n) is 3.74. The number of rotatable bonds is 1. The van der Waals surface area contributed by atoms with E-state index in [-0.39, 0.29) is 5.56 Å². The lowest BCUT2D eigenvalue weighted by molar-refractivity contribution is 0.419. The van der Waals surface area contributed by atoms with Crippen LogP contribution in [0.1, 0.15) is 5.56 Å². The predicted molar refractivity (Wildman–Crippen MR) is 77.1 cm³/mol. The lowest BCUT2D eigenvalue weighted by atomic mass is 10.1. The molecule has 4 rings (SSSR count).